The molecule has 0 saturated carbocycles. The Kier molecular flexibility index (Phi) is 4.18. The Morgan fingerprint density at radius 2 is 2.33 bits per heavy atom. The summed E-state index contributed by atoms with van der Waals surface area (Å²) in [6.45, 7) is 7.93. The number of nitrogens with zero attached hydrogens (tertiary/aromatic N) is 1. The molecule has 1 nitrogen and oxygen atoms in total. The Morgan fingerprint density at radius 3 is 3.00 bits per heavy atom. The van der Waals surface area contributed by atoms with Crippen molar-refractivity contribution >= 4 is 0 Å². The van der Waals surface area contributed by atoms with Crippen LogP contribution in [0, 0.1) is 17.8 Å². The predicted octanol–water partition coefficient (Wildman–Crippen LogP) is 2.13. The van der Waals surface area contributed by atoms with Crippen LogP contribution in [0.2, 0.25) is 0 Å². The van der Waals surface area contributed by atoms with Crippen molar-refractivity contribution in [2.45, 2.75) is 33.1 Å². The van der Waals surface area contributed by atoms with Gasteiger partial charge in [0.15, 0.2) is 0 Å². The molecular weight excluding hydrogens is 146 g/mol. The molecule has 0 radical (unpaired) electrons. The van der Waals surface area contributed by atoms with Gasteiger partial charge in [-0.1, -0.05) is 12.8 Å². The standard InChI is InChI=1S/C11H19N/c1-3-6-11-7-5-9-12(10-11)8-4-2/h11H,4-5,7-10H2,1-2H3. The second kappa shape index (κ2) is 5.22. The van der Waals surface area contributed by atoms with E-state index in [9.17, 15) is 0 Å². The molecule has 1 heteroatoms. The van der Waals surface area contributed by atoms with Crippen LogP contribution < -0.4 is 0 Å². The third kappa shape index (κ3) is 2.87. The van der Waals surface area contributed by atoms with Crippen LogP contribution in [0.1, 0.15) is 33.1 Å². The van der Waals surface area contributed by atoms with Crippen molar-refractivity contribution in [1.82, 2.24) is 4.90 Å². The quantitative estimate of drug-likeness (QED) is 0.567. The summed E-state index contributed by atoms with van der Waals surface area (Å²) in [5, 5.41) is 0. The molecule has 1 heterocycles. The summed E-state index contributed by atoms with van der Waals surface area (Å²) in [7, 11) is 0. The van der Waals surface area contributed by atoms with E-state index in [2.05, 4.69) is 23.7 Å². The molecule has 1 atom stereocenters. The summed E-state index contributed by atoms with van der Waals surface area (Å²) in [5.74, 6) is 6.95. The van der Waals surface area contributed by atoms with Crippen LogP contribution in [0.4, 0.5) is 0 Å². The Hall–Kier alpha value is -0.480. The Bertz CT molecular complexity index is 173. The molecule has 0 spiro atoms. The minimum Gasteiger partial charge on any atom is -0.302 e. The van der Waals surface area contributed by atoms with Crippen LogP contribution in [0.3, 0.4) is 0 Å². The van der Waals surface area contributed by atoms with Crippen LogP contribution in [0.15, 0.2) is 0 Å². The van der Waals surface area contributed by atoms with Crippen molar-refractivity contribution in [2.75, 3.05) is 19.6 Å². The largest absolute Gasteiger partial charge is 0.302 e. The van der Waals surface area contributed by atoms with Crippen molar-refractivity contribution in [1.29, 1.82) is 0 Å². The number of likely N-dealkylation sites (tertiary alicyclic amines) is 1. The van der Waals surface area contributed by atoms with Gasteiger partial charge in [0.1, 0.15) is 0 Å². The van der Waals surface area contributed by atoms with E-state index in [0.717, 1.165) is 0 Å². The van der Waals surface area contributed by atoms with E-state index < -0.39 is 0 Å². The molecule has 1 unspecified atom stereocenters. The fourth-order valence-corrected chi connectivity index (χ4v) is 1.90. The molecular formula is C11H19N. The first kappa shape index (κ1) is 9.61. The zero-order valence-electron chi connectivity index (χ0n) is 8.27. The topological polar surface area (TPSA) is 3.24 Å². The Morgan fingerprint density at radius 1 is 1.50 bits per heavy atom. The zero-order chi connectivity index (χ0) is 8.81. The molecule has 0 aromatic carbocycles. The lowest BCUT2D eigenvalue weighted by molar-refractivity contribution is 0.201. The normalized spacial score (nSPS) is 24.7. The molecule has 1 aliphatic heterocycles. The van der Waals surface area contributed by atoms with Crippen LogP contribution in [-0.4, -0.2) is 24.5 Å². The maximum absolute atomic E-state index is 3.28. The molecule has 1 rings (SSSR count). The summed E-state index contributed by atoms with van der Waals surface area (Å²) in [4.78, 5) is 2.54. The van der Waals surface area contributed by atoms with Gasteiger partial charge in [0.25, 0.3) is 0 Å². The van der Waals surface area contributed by atoms with Gasteiger partial charge in [0, 0.05) is 12.5 Å². The van der Waals surface area contributed by atoms with Gasteiger partial charge in [-0.05, 0) is 39.3 Å². The fraction of sp³-hybridized carbons (Fsp3) is 0.818. The highest BCUT2D eigenvalue weighted by atomic mass is 15.1. The summed E-state index contributed by atoms with van der Waals surface area (Å²) < 4.78 is 0. The van der Waals surface area contributed by atoms with E-state index in [1.54, 1.807) is 0 Å². The third-order valence-corrected chi connectivity index (χ3v) is 2.39. The molecule has 0 aromatic heterocycles. The third-order valence-electron chi connectivity index (χ3n) is 2.39. The monoisotopic (exact) mass is 165 g/mol. The van der Waals surface area contributed by atoms with Crippen LogP contribution >= 0.6 is 0 Å². The number of hydrogen-bond acceptors (Lipinski definition) is 1. The lowest BCUT2D eigenvalue weighted by Gasteiger charge is -2.29. The second-order valence-corrected chi connectivity index (χ2v) is 3.53. The van der Waals surface area contributed by atoms with E-state index in [4.69, 9.17) is 0 Å². The Balaban J connectivity index is 2.33. The lowest BCUT2D eigenvalue weighted by atomic mass is 9.98. The van der Waals surface area contributed by atoms with E-state index in [1.165, 1.54) is 38.9 Å². The summed E-state index contributed by atoms with van der Waals surface area (Å²) >= 11 is 0. The summed E-state index contributed by atoms with van der Waals surface area (Å²) in [5.41, 5.74) is 0. The van der Waals surface area contributed by atoms with E-state index in [0.29, 0.717) is 5.92 Å². The van der Waals surface area contributed by atoms with Gasteiger partial charge < -0.3 is 4.90 Å². The first-order chi connectivity index (χ1) is 5.86. The first-order valence-electron chi connectivity index (χ1n) is 5.01. The first-order valence-corrected chi connectivity index (χ1v) is 5.01. The summed E-state index contributed by atoms with van der Waals surface area (Å²) in [6.07, 6.45) is 3.91. The van der Waals surface area contributed by atoms with Gasteiger partial charge in [0.2, 0.25) is 0 Å². The average Bonchev–Trinajstić information content (AvgIpc) is 2.06. The highest BCUT2D eigenvalue weighted by Gasteiger charge is 2.16. The van der Waals surface area contributed by atoms with Crippen molar-refractivity contribution in [3.05, 3.63) is 0 Å². The molecule has 0 amide bonds. The fourth-order valence-electron chi connectivity index (χ4n) is 1.90. The molecule has 68 valence electrons. The van der Waals surface area contributed by atoms with Gasteiger partial charge >= 0.3 is 0 Å². The minimum absolute atomic E-state index is 0.648. The van der Waals surface area contributed by atoms with Gasteiger partial charge in [-0.15, -0.1) is 5.92 Å². The number of hydrogen-bond donors (Lipinski definition) is 0. The van der Waals surface area contributed by atoms with Crippen molar-refractivity contribution < 1.29 is 0 Å². The number of piperidine rings is 1. The highest BCUT2D eigenvalue weighted by molar-refractivity contribution is 5.02. The second-order valence-electron chi connectivity index (χ2n) is 3.53. The molecule has 0 aromatic rings. The van der Waals surface area contributed by atoms with Gasteiger partial charge in [-0.3, -0.25) is 0 Å². The minimum atomic E-state index is 0.648. The smallest absolute Gasteiger partial charge is 0.0330 e. The lowest BCUT2D eigenvalue weighted by Crippen LogP contribution is -2.35. The van der Waals surface area contributed by atoms with Gasteiger partial charge in [0.05, 0.1) is 0 Å². The predicted molar refractivity (Wildman–Crippen MR) is 52.9 cm³/mol. The maximum Gasteiger partial charge on any atom is 0.0330 e. The average molecular weight is 165 g/mol. The molecule has 1 aliphatic rings. The Labute approximate surface area is 76.1 Å². The van der Waals surface area contributed by atoms with E-state index >= 15 is 0 Å². The summed E-state index contributed by atoms with van der Waals surface area (Å²) in [6, 6.07) is 0. The zero-order valence-corrected chi connectivity index (χ0v) is 8.27. The molecule has 0 bridgehead atoms. The van der Waals surface area contributed by atoms with E-state index in [-0.39, 0.29) is 0 Å². The molecule has 1 saturated heterocycles. The van der Waals surface area contributed by atoms with Crippen LogP contribution in [-0.2, 0) is 0 Å². The van der Waals surface area contributed by atoms with Gasteiger partial charge in [-0.25, -0.2) is 0 Å². The highest BCUT2D eigenvalue weighted by Crippen LogP contribution is 2.15. The van der Waals surface area contributed by atoms with Crippen LogP contribution in [0.5, 0.6) is 0 Å². The maximum atomic E-state index is 3.28. The van der Waals surface area contributed by atoms with Crippen LogP contribution in [0.25, 0.3) is 0 Å². The van der Waals surface area contributed by atoms with Gasteiger partial charge in [-0.2, -0.15) is 0 Å². The molecule has 12 heavy (non-hydrogen) atoms. The molecule has 0 aliphatic carbocycles. The SMILES string of the molecule is CC#CC1CCCN(CCC)C1. The van der Waals surface area contributed by atoms with Crippen molar-refractivity contribution in [3.8, 4) is 11.8 Å². The van der Waals surface area contributed by atoms with Crippen molar-refractivity contribution in [2.24, 2.45) is 5.92 Å². The molecule has 0 N–H and O–H groups in total. The van der Waals surface area contributed by atoms with E-state index in [1.807, 2.05) is 6.92 Å². The van der Waals surface area contributed by atoms with Crippen molar-refractivity contribution in [3.63, 3.8) is 0 Å². The number of rotatable bonds is 2. The molecule has 1 fully saturated rings.